The molecule has 0 amide bonds. The van der Waals surface area contributed by atoms with Crippen LogP contribution in [-0.2, 0) is 6.42 Å². The fourth-order valence-corrected chi connectivity index (χ4v) is 1.88. The Morgan fingerprint density at radius 2 is 1.88 bits per heavy atom. The van der Waals surface area contributed by atoms with E-state index in [0.717, 1.165) is 32.0 Å². The molecule has 0 unspecified atom stereocenters. The number of amidine groups is 1. The minimum Gasteiger partial charge on any atom is -0.358 e. The molecule has 1 aromatic rings. The van der Waals surface area contributed by atoms with Crippen LogP contribution in [0.1, 0.15) is 5.56 Å². The molecule has 1 saturated heterocycles. The second kappa shape index (κ2) is 5.07. The molecule has 1 N–H and O–H groups in total. The summed E-state index contributed by atoms with van der Waals surface area (Å²) in [5, 5.41) is 8.07. The van der Waals surface area contributed by atoms with Gasteiger partial charge in [-0.25, -0.2) is 0 Å². The van der Waals surface area contributed by atoms with E-state index in [9.17, 15) is 0 Å². The van der Waals surface area contributed by atoms with Crippen LogP contribution in [0.2, 0.25) is 0 Å². The first-order chi connectivity index (χ1) is 7.75. The maximum atomic E-state index is 8.07. The number of pyridine rings is 1. The van der Waals surface area contributed by atoms with Crippen molar-refractivity contribution < 1.29 is 0 Å². The van der Waals surface area contributed by atoms with Crippen LogP contribution in [0.5, 0.6) is 0 Å². The first-order valence-electron chi connectivity index (χ1n) is 5.65. The van der Waals surface area contributed by atoms with Gasteiger partial charge in [-0.1, -0.05) is 0 Å². The van der Waals surface area contributed by atoms with E-state index in [0.29, 0.717) is 6.42 Å². The lowest BCUT2D eigenvalue weighted by Crippen LogP contribution is -2.47. The molecule has 0 spiro atoms. The number of piperazine rings is 1. The lowest BCUT2D eigenvalue weighted by molar-refractivity contribution is 0.213. The number of rotatable bonds is 2. The van der Waals surface area contributed by atoms with Crippen molar-refractivity contribution in [3.8, 4) is 0 Å². The Labute approximate surface area is 96.4 Å². The zero-order valence-electron chi connectivity index (χ0n) is 9.69. The quantitative estimate of drug-likeness (QED) is 0.591. The summed E-state index contributed by atoms with van der Waals surface area (Å²) in [5.41, 5.74) is 1.17. The van der Waals surface area contributed by atoms with Gasteiger partial charge in [0.1, 0.15) is 5.84 Å². The summed E-state index contributed by atoms with van der Waals surface area (Å²) in [4.78, 5) is 8.45. The van der Waals surface area contributed by atoms with Crippen LogP contribution in [0.4, 0.5) is 0 Å². The minimum absolute atomic E-state index is 0.715. The second-order valence-corrected chi connectivity index (χ2v) is 4.27. The van der Waals surface area contributed by atoms with E-state index in [1.807, 2.05) is 12.1 Å². The molecule has 1 aliphatic rings. The van der Waals surface area contributed by atoms with Gasteiger partial charge in [-0.3, -0.25) is 10.4 Å². The van der Waals surface area contributed by atoms with Crippen molar-refractivity contribution >= 4 is 5.84 Å². The van der Waals surface area contributed by atoms with Crippen molar-refractivity contribution in [1.29, 1.82) is 5.41 Å². The number of hydrogen-bond donors (Lipinski definition) is 1. The Kier molecular flexibility index (Phi) is 3.51. The van der Waals surface area contributed by atoms with E-state index in [4.69, 9.17) is 5.41 Å². The van der Waals surface area contributed by atoms with Crippen LogP contribution in [-0.4, -0.2) is 53.8 Å². The van der Waals surface area contributed by atoms with E-state index in [2.05, 4.69) is 21.8 Å². The first kappa shape index (κ1) is 11.1. The fraction of sp³-hybridized carbons (Fsp3) is 0.500. The van der Waals surface area contributed by atoms with Crippen molar-refractivity contribution in [1.82, 2.24) is 14.8 Å². The molecule has 16 heavy (non-hydrogen) atoms. The number of likely N-dealkylation sites (N-methyl/N-ethyl adjacent to an activating group) is 1. The molecule has 0 aromatic carbocycles. The molecule has 1 aliphatic heterocycles. The highest BCUT2D eigenvalue weighted by atomic mass is 15.3. The third-order valence-electron chi connectivity index (χ3n) is 3.01. The lowest BCUT2D eigenvalue weighted by Gasteiger charge is -2.34. The van der Waals surface area contributed by atoms with Gasteiger partial charge in [-0.15, -0.1) is 0 Å². The maximum Gasteiger partial charge on any atom is 0.100 e. The highest BCUT2D eigenvalue weighted by molar-refractivity contribution is 5.81. The van der Waals surface area contributed by atoms with Crippen LogP contribution >= 0.6 is 0 Å². The Bertz CT molecular complexity index is 341. The summed E-state index contributed by atoms with van der Waals surface area (Å²) in [5.74, 6) is 0.722. The summed E-state index contributed by atoms with van der Waals surface area (Å²) in [6.07, 6.45) is 4.28. The van der Waals surface area contributed by atoms with E-state index in [1.165, 1.54) is 5.56 Å². The van der Waals surface area contributed by atoms with Crippen molar-refractivity contribution in [3.05, 3.63) is 30.1 Å². The smallest absolute Gasteiger partial charge is 0.100 e. The summed E-state index contributed by atoms with van der Waals surface area (Å²) >= 11 is 0. The molecule has 1 fully saturated rings. The van der Waals surface area contributed by atoms with Gasteiger partial charge in [-0.2, -0.15) is 0 Å². The van der Waals surface area contributed by atoms with Gasteiger partial charge in [0.2, 0.25) is 0 Å². The molecule has 0 radical (unpaired) electrons. The Morgan fingerprint density at radius 1 is 1.25 bits per heavy atom. The second-order valence-electron chi connectivity index (χ2n) is 4.27. The van der Waals surface area contributed by atoms with E-state index >= 15 is 0 Å². The fourth-order valence-electron chi connectivity index (χ4n) is 1.88. The topological polar surface area (TPSA) is 43.2 Å². The zero-order chi connectivity index (χ0) is 11.4. The molecule has 0 atom stereocenters. The number of nitrogens with zero attached hydrogens (tertiary/aromatic N) is 3. The number of aromatic nitrogens is 1. The molecule has 86 valence electrons. The van der Waals surface area contributed by atoms with E-state index in [-0.39, 0.29) is 0 Å². The standard InChI is InChI=1S/C12H18N4/c1-15-6-8-16(9-7-15)12(13)10-11-2-4-14-5-3-11/h2-5,13H,6-10H2,1H3. The van der Waals surface area contributed by atoms with Crippen molar-refractivity contribution in [2.45, 2.75) is 6.42 Å². The zero-order valence-corrected chi connectivity index (χ0v) is 9.69. The summed E-state index contributed by atoms with van der Waals surface area (Å²) in [6, 6.07) is 3.95. The number of hydrogen-bond acceptors (Lipinski definition) is 3. The largest absolute Gasteiger partial charge is 0.358 e. The van der Waals surface area contributed by atoms with Crippen molar-refractivity contribution in [2.24, 2.45) is 0 Å². The van der Waals surface area contributed by atoms with Crippen LogP contribution in [0, 0.1) is 5.41 Å². The Hall–Kier alpha value is -1.42. The van der Waals surface area contributed by atoms with Gasteiger partial charge in [0.25, 0.3) is 0 Å². The molecular formula is C12H18N4. The van der Waals surface area contributed by atoms with E-state index in [1.54, 1.807) is 12.4 Å². The molecule has 2 rings (SSSR count). The molecule has 0 saturated carbocycles. The van der Waals surface area contributed by atoms with Crippen LogP contribution in [0.3, 0.4) is 0 Å². The summed E-state index contributed by atoms with van der Waals surface area (Å²) in [6.45, 7) is 4.05. The SMILES string of the molecule is CN1CCN(C(=N)Cc2ccncc2)CC1. The molecule has 4 heteroatoms. The van der Waals surface area contributed by atoms with Crippen LogP contribution in [0.15, 0.2) is 24.5 Å². The van der Waals surface area contributed by atoms with Gasteiger partial charge in [0, 0.05) is 45.0 Å². The minimum atomic E-state index is 0.715. The first-order valence-corrected chi connectivity index (χ1v) is 5.65. The van der Waals surface area contributed by atoms with Gasteiger partial charge in [0.15, 0.2) is 0 Å². The summed E-state index contributed by atoms with van der Waals surface area (Å²) < 4.78 is 0. The highest BCUT2D eigenvalue weighted by Crippen LogP contribution is 2.05. The molecule has 4 nitrogen and oxygen atoms in total. The van der Waals surface area contributed by atoms with E-state index < -0.39 is 0 Å². The van der Waals surface area contributed by atoms with Crippen LogP contribution in [0.25, 0.3) is 0 Å². The monoisotopic (exact) mass is 218 g/mol. The molecule has 0 aliphatic carbocycles. The molecule has 0 bridgehead atoms. The van der Waals surface area contributed by atoms with Crippen LogP contribution < -0.4 is 0 Å². The average molecular weight is 218 g/mol. The van der Waals surface area contributed by atoms with Gasteiger partial charge in [-0.05, 0) is 24.7 Å². The molecule has 1 aromatic heterocycles. The third kappa shape index (κ3) is 2.79. The highest BCUT2D eigenvalue weighted by Gasteiger charge is 2.16. The normalized spacial score (nSPS) is 17.4. The molecular weight excluding hydrogens is 200 g/mol. The number of nitrogens with one attached hydrogen (secondary N) is 1. The van der Waals surface area contributed by atoms with Crippen molar-refractivity contribution in [2.75, 3.05) is 33.2 Å². The van der Waals surface area contributed by atoms with Gasteiger partial charge < -0.3 is 9.80 Å². The predicted octanol–water partition coefficient (Wildman–Crippen LogP) is 0.849. The average Bonchev–Trinajstić information content (AvgIpc) is 2.31. The van der Waals surface area contributed by atoms with Crippen molar-refractivity contribution in [3.63, 3.8) is 0 Å². The maximum absolute atomic E-state index is 8.07. The Balaban J connectivity index is 1.89. The van der Waals surface area contributed by atoms with Gasteiger partial charge >= 0.3 is 0 Å². The lowest BCUT2D eigenvalue weighted by atomic mass is 10.1. The predicted molar refractivity (Wildman–Crippen MR) is 64.7 cm³/mol. The Morgan fingerprint density at radius 3 is 2.50 bits per heavy atom. The third-order valence-corrected chi connectivity index (χ3v) is 3.01. The van der Waals surface area contributed by atoms with Gasteiger partial charge in [0.05, 0.1) is 0 Å². The molecule has 2 heterocycles. The summed E-state index contributed by atoms with van der Waals surface area (Å²) in [7, 11) is 2.13.